The van der Waals surface area contributed by atoms with E-state index in [0.717, 1.165) is 18.4 Å². The summed E-state index contributed by atoms with van der Waals surface area (Å²) >= 11 is 2.72. The molecule has 0 aliphatic rings. The lowest BCUT2D eigenvalue weighted by Crippen LogP contribution is -2.28. The minimum atomic E-state index is -0.0565. The largest absolute Gasteiger partial charge is 0.355 e. The van der Waals surface area contributed by atoms with Crippen LogP contribution >= 0.6 is 23.1 Å². The molecule has 0 spiro atoms. The molecule has 1 amide bonds. The number of carbonyl (C=O) groups is 1. The van der Waals surface area contributed by atoms with E-state index in [1.54, 1.807) is 4.57 Å². The summed E-state index contributed by atoms with van der Waals surface area (Å²) < 4.78 is 2.34. The number of nitrogens with zero attached hydrogens (tertiary/aromatic N) is 2. The van der Waals surface area contributed by atoms with Gasteiger partial charge in [-0.1, -0.05) is 60.3 Å². The Balaban J connectivity index is 1.42. The monoisotopic (exact) mass is 477 g/mol. The van der Waals surface area contributed by atoms with Crippen molar-refractivity contribution in [2.75, 3.05) is 12.3 Å². The van der Waals surface area contributed by atoms with Crippen LogP contribution in [0.25, 0.3) is 10.2 Å². The summed E-state index contributed by atoms with van der Waals surface area (Å²) in [6, 6.07) is 18.3. The Hall–Kier alpha value is -2.90. The molecule has 170 valence electrons. The maximum Gasteiger partial charge on any atom is 0.272 e. The lowest BCUT2D eigenvalue weighted by Gasteiger charge is -2.13. The first-order chi connectivity index (χ1) is 16.0. The zero-order chi connectivity index (χ0) is 23.2. The van der Waals surface area contributed by atoms with E-state index in [-0.39, 0.29) is 17.2 Å². The van der Waals surface area contributed by atoms with Gasteiger partial charge in [-0.3, -0.25) is 14.2 Å². The Morgan fingerprint density at radius 1 is 1.06 bits per heavy atom. The first kappa shape index (κ1) is 23.3. The number of amides is 1. The van der Waals surface area contributed by atoms with Gasteiger partial charge in [-0.15, -0.1) is 11.3 Å². The van der Waals surface area contributed by atoms with Crippen molar-refractivity contribution in [3.63, 3.8) is 0 Å². The summed E-state index contributed by atoms with van der Waals surface area (Å²) in [5.41, 5.74) is 5.35. The van der Waals surface area contributed by atoms with Gasteiger partial charge in [-0.2, -0.15) is 0 Å². The molecule has 4 rings (SSSR count). The van der Waals surface area contributed by atoms with Crippen molar-refractivity contribution in [3.05, 3.63) is 92.6 Å². The maximum absolute atomic E-state index is 13.2. The zero-order valence-corrected chi connectivity index (χ0v) is 20.5. The molecular formula is C26H27N3O2S2. The molecule has 0 saturated heterocycles. The van der Waals surface area contributed by atoms with Gasteiger partial charge in [0.15, 0.2) is 5.16 Å². The van der Waals surface area contributed by atoms with Gasteiger partial charge >= 0.3 is 0 Å². The smallest absolute Gasteiger partial charge is 0.272 e. The standard InChI is InChI=1S/C26H27N3O2S2/c1-18-10-11-21(15-19(18)2)16-29-25(31)24-22(12-14-32-24)28-26(29)33-17-23(30)27-13-6-9-20-7-4-3-5-8-20/h3-5,7-8,10-12,14-15H,6,9,13,16-17H2,1-2H3,(H,27,30). The van der Waals surface area contributed by atoms with E-state index < -0.39 is 0 Å². The number of carbonyl (C=O) groups excluding carboxylic acids is 1. The summed E-state index contributed by atoms with van der Waals surface area (Å²) in [7, 11) is 0. The minimum Gasteiger partial charge on any atom is -0.355 e. The fourth-order valence-corrected chi connectivity index (χ4v) is 5.21. The number of hydrogen-bond donors (Lipinski definition) is 1. The van der Waals surface area contributed by atoms with Crippen molar-refractivity contribution in [1.29, 1.82) is 0 Å². The highest BCUT2D eigenvalue weighted by Gasteiger charge is 2.15. The van der Waals surface area contributed by atoms with Crippen molar-refractivity contribution in [3.8, 4) is 0 Å². The number of thiophene rings is 1. The molecular weight excluding hydrogens is 450 g/mol. The lowest BCUT2D eigenvalue weighted by atomic mass is 10.1. The van der Waals surface area contributed by atoms with Crippen molar-refractivity contribution >= 4 is 39.2 Å². The van der Waals surface area contributed by atoms with E-state index >= 15 is 0 Å². The molecule has 0 unspecified atom stereocenters. The Labute approximate surface area is 201 Å². The molecule has 0 atom stereocenters. The van der Waals surface area contributed by atoms with E-state index in [4.69, 9.17) is 4.98 Å². The highest BCUT2D eigenvalue weighted by molar-refractivity contribution is 7.99. The second-order valence-electron chi connectivity index (χ2n) is 8.07. The van der Waals surface area contributed by atoms with Crippen LogP contribution in [0.4, 0.5) is 0 Å². The molecule has 0 saturated carbocycles. The molecule has 2 aromatic carbocycles. The molecule has 0 aliphatic carbocycles. The van der Waals surface area contributed by atoms with Crippen LogP contribution in [0.2, 0.25) is 0 Å². The fraction of sp³-hybridized carbons (Fsp3) is 0.269. The van der Waals surface area contributed by atoms with Crippen molar-refractivity contribution < 1.29 is 4.79 Å². The molecule has 4 aromatic rings. The number of thioether (sulfide) groups is 1. The Kier molecular flexibility index (Phi) is 7.62. The highest BCUT2D eigenvalue weighted by atomic mass is 32.2. The third kappa shape index (κ3) is 5.92. The SMILES string of the molecule is Cc1ccc(Cn2c(SCC(=O)NCCCc3ccccc3)nc3ccsc3c2=O)cc1C. The number of aromatic nitrogens is 2. The predicted octanol–water partition coefficient (Wildman–Crippen LogP) is 4.96. The van der Waals surface area contributed by atoms with E-state index in [0.29, 0.717) is 28.5 Å². The Morgan fingerprint density at radius 2 is 1.88 bits per heavy atom. The van der Waals surface area contributed by atoms with Gasteiger partial charge in [0.2, 0.25) is 5.91 Å². The second kappa shape index (κ2) is 10.8. The summed E-state index contributed by atoms with van der Waals surface area (Å²) in [6.07, 6.45) is 1.82. The Bertz CT molecular complexity index is 1310. The second-order valence-corrected chi connectivity index (χ2v) is 9.93. The van der Waals surface area contributed by atoms with E-state index in [2.05, 4.69) is 43.4 Å². The first-order valence-corrected chi connectivity index (χ1v) is 12.9. The topological polar surface area (TPSA) is 64.0 Å². The van der Waals surface area contributed by atoms with Crippen molar-refractivity contribution in [2.24, 2.45) is 0 Å². The van der Waals surface area contributed by atoms with Crippen molar-refractivity contribution in [1.82, 2.24) is 14.9 Å². The number of benzene rings is 2. The average molecular weight is 478 g/mol. The van der Waals surface area contributed by atoms with E-state index in [1.165, 1.54) is 39.8 Å². The van der Waals surface area contributed by atoms with Crippen LogP contribution in [0.15, 0.2) is 69.9 Å². The number of rotatable bonds is 9. The van der Waals surface area contributed by atoms with Gasteiger partial charge in [0.05, 0.1) is 17.8 Å². The highest BCUT2D eigenvalue weighted by Crippen LogP contribution is 2.22. The summed E-state index contributed by atoms with van der Waals surface area (Å²) in [5, 5.41) is 5.43. The van der Waals surface area contributed by atoms with E-state index in [9.17, 15) is 9.59 Å². The number of hydrogen-bond acceptors (Lipinski definition) is 5. The van der Waals surface area contributed by atoms with Crippen LogP contribution in [-0.2, 0) is 17.8 Å². The zero-order valence-electron chi connectivity index (χ0n) is 18.8. The van der Waals surface area contributed by atoms with E-state index in [1.807, 2.05) is 35.7 Å². The molecule has 0 aliphatic heterocycles. The van der Waals surface area contributed by atoms with Crippen LogP contribution in [0.1, 0.15) is 28.7 Å². The third-order valence-corrected chi connectivity index (χ3v) is 7.45. The molecule has 0 radical (unpaired) electrons. The van der Waals surface area contributed by atoms with Gasteiger partial charge in [0.25, 0.3) is 5.56 Å². The number of nitrogens with one attached hydrogen (secondary N) is 1. The molecule has 5 nitrogen and oxygen atoms in total. The molecule has 0 fully saturated rings. The number of fused-ring (bicyclic) bond motifs is 1. The van der Waals surface area contributed by atoms with Crippen LogP contribution in [-0.4, -0.2) is 27.8 Å². The Morgan fingerprint density at radius 3 is 2.67 bits per heavy atom. The molecule has 2 aromatic heterocycles. The molecule has 7 heteroatoms. The molecule has 2 heterocycles. The summed E-state index contributed by atoms with van der Waals surface area (Å²) in [4.78, 5) is 30.3. The fourth-order valence-electron chi connectivity index (χ4n) is 3.60. The lowest BCUT2D eigenvalue weighted by molar-refractivity contribution is -0.118. The molecule has 0 bridgehead atoms. The third-order valence-electron chi connectivity index (χ3n) is 5.58. The quantitative estimate of drug-likeness (QED) is 0.210. The van der Waals surface area contributed by atoms with Crippen LogP contribution in [0, 0.1) is 13.8 Å². The normalized spacial score (nSPS) is 11.1. The van der Waals surface area contributed by atoms with Crippen LogP contribution < -0.4 is 10.9 Å². The van der Waals surface area contributed by atoms with Gasteiger partial charge < -0.3 is 5.32 Å². The predicted molar refractivity (Wildman–Crippen MR) is 137 cm³/mol. The van der Waals surface area contributed by atoms with Gasteiger partial charge in [0.1, 0.15) is 4.70 Å². The van der Waals surface area contributed by atoms with Crippen molar-refractivity contribution in [2.45, 2.75) is 38.4 Å². The van der Waals surface area contributed by atoms with Gasteiger partial charge in [-0.25, -0.2) is 4.98 Å². The van der Waals surface area contributed by atoms with Gasteiger partial charge in [0, 0.05) is 6.54 Å². The van der Waals surface area contributed by atoms with Gasteiger partial charge in [-0.05, 0) is 60.4 Å². The first-order valence-electron chi connectivity index (χ1n) is 11.0. The van der Waals surface area contributed by atoms with Crippen LogP contribution in [0.3, 0.4) is 0 Å². The summed E-state index contributed by atoms with van der Waals surface area (Å²) in [6.45, 7) is 5.20. The number of aryl methyl sites for hydroxylation is 3. The van der Waals surface area contributed by atoms with Crippen LogP contribution in [0.5, 0.6) is 0 Å². The maximum atomic E-state index is 13.2. The molecule has 33 heavy (non-hydrogen) atoms. The molecule has 1 N–H and O–H groups in total. The average Bonchev–Trinajstić information content (AvgIpc) is 3.29. The minimum absolute atomic E-state index is 0.0505. The summed E-state index contributed by atoms with van der Waals surface area (Å²) in [5.74, 6) is 0.172.